The molecule has 0 bridgehead atoms. The van der Waals surface area contributed by atoms with Crippen molar-refractivity contribution in [3.05, 3.63) is 53.1 Å². The highest BCUT2D eigenvalue weighted by Crippen LogP contribution is 2.68. The number of amides is 2. The van der Waals surface area contributed by atoms with Crippen molar-refractivity contribution in [3.63, 3.8) is 0 Å². The lowest BCUT2D eigenvalue weighted by Gasteiger charge is -2.31. The molecule has 3 N–H and O–H groups in total. The van der Waals surface area contributed by atoms with E-state index in [2.05, 4.69) is 63.8 Å². The molecule has 3 aliphatic rings. The third-order valence-electron chi connectivity index (χ3n) is 11.2. The van der Waals surface area contributed by atoms with Crippen molar-refractivity contribution in [2.75, 3.05) is 47.9 Å². The lowest BCUT2D eigenvalue weighted by Crippen LogP contribution is -2.38. The van der Waals surface area contributed by atoms with Gasteiger partial charge in [0.25, 0.3) is 5.91 Å². The van der Waals surface area contributed by atoms with Gasteiger partial charge in [-0.1, -0.05) is 32.3 Å². The molecule has 6 rings (SSSR count). The molecule has 2 aromatic carbocycles. The second-order valence-electron chi connectivity index (χ2n) is 14.6. The number of methoxy groups -OCH3 is 1. The quantitative estimate of drug-likeness (QED) is 0.101. The molecule has 4 atom stereocenters. The number of hydrogen-bond acceptors (Lipinski definition) is 7. The van der Waals surface area contributed by atoms with E-state index in [1.54, 1.807) is 7.11 Å². The molecule has 3 aromatic rings. The van der Waals surface area contributed by atoms with Gasteiger partial charge < -0.3 is 24.6 Å². The molecule has 260 valence electrons. The van der Waals surface area contributed by atoms with Crippen molar-refractivity contribution in [2.24, 2.45) is 11.3 Å². The van der Waals surface area contributed by atoms with Crippen LogP contribution in [0, 0.1) is 11.3 Å². The molecule has 2 fully saturated rings. The van der Waals surface area contributed by atoms with Gasteiger partial charge in [-0.25, -0.2) is 4.31 Å². The number of aliphatic hydroxyl groups is 1. The molecule has 1 aromatic heterocycles. The van der Waals surface area contributed by atoms with Gasteiger partial charge in [-0.2, -0.15) is 0 Å². The molecule has 4 unspecified atom stereocenters. The first-order valence-corrected chi connectivity index (χ1v) is 18.5. The summed E-state index contributed by atoms with van der Waals surface area (Å²) in [4.78, 5) is 26.4. The first-order valence-electron chi connectivity index (χ1n) is 17.7. The number of ether oxygens (including phenoxy) is 1. The van der Waals surface area contributed by atoms with E-state index in [-0.39, 0.29) is 17.2 Å². The molecule has 2 amide bonds. The van der Waals surface area contributed by atoms with E-state index < -0.39 is 6.10 Å². The lowest BCUT2D eigenvalue weighted by atomic mass is 9.81. The van der Waals surface area contributed by atoms with Crippen LogP contribution < -0.4 is 14.8 Å². The van der Waals surface area contributed by atoms with Gasteiger partial charge in [0, 0.05) is 60.3 Å². The van der Waals surface area contributed by atoms with Crippen LogP contribution in [0.25, 0.3) is 22.2 Å². The topological polar surface area (TPSA) is 99.1 Å². The lowest BCUT2D eigenvalue weighted by molar-refractivity contribution is -0.109. The Morgan fingerprint density at radius 1 is 1.17 bits per heavy atom. The van der Waals surface area contributed by atoms with Crippen LogP contribution in [0.1, 0.15) is 91.6 Å². The van der Waals surface area contributed by atoms with E-state index in [1.165, 1.54) is 72.0 Å². The van der Waals surface area contributed by atoms with Crippen molar-refractivity contribution < 1.29 is 19.4 Å². The van der Waals surface area contributed by atoms with Crippen LogP contribution in [0.5, 0.6) is 5.75 Å². The molecule has 2 heterocycles. The highest BCUT2D eigenvalue weighted by atomic mass is 32.2. The van der Waals surface area contributed by atoms with Crippen molar-refractivity contribution in [3.8, 4) is 17.0 Å². The van der Waals surface area contributed by atoms with Crippen LogP contribution in [-0.4, -0.2) is 85.2 Å². The standard InChI is InChI=1S/C38H53N5O4S/c1-6-34(45)27(22-42(4)17-16-39-24-44)20-38-21-32(38)31-19-28(47-5)13-15-29(31)36-35(25-10-8-7-9-11-25)30-14-12-26(18-33(30)43(36)23-38)37(46)40-48-41(2)3/h12-15,18-19,24-25,27,32,34,45H,6-11,16-17,20-23H2,1-5H3,(H,39,44)(H,40,46). The minimum Gasteiger partial charge on any atom is -0.497 e. The Morgan fingerprint density at radius 2 is 1.96 bits per heavy atom. The minimum absolute atomic E-state index is 0.0378. The summed E-state index contributed by atoms with van der Waals surface area (Å²) in [5, 5.41) is 15.4. The number of nitrogens with zero attached hydrogens (tertiary/aromatic N) is 3. The molecule has 9 nitrogen and oxygen atoms in total. The highest BCUT2D eigenvalue weighted by Gasteiger charge is 2.58. The van der Waals surface area contributed by atoms with Crippen molar-refractivity contribution in [2.45, 2.75) is 82.8 Å². The molecule has 0 spiro atoms. The van der Waals surface area contributed by atoms with Gasteiger partial charge in [0.1, 0.15) is 5.75 Å². The SMILES string of the molecule is CCC(O)C(CN(C)CCNC=O)CC12CC1c1cc(OC)ccc1-c1c(C3CCCCC3)c3ccc(C(=O)NSN(C)C)cc3n1C2. The molecule has 48 heavy (non-hydrogen) atoms. The Balaban J connectivity index is 1.48. The number of carbonyl (C=O) groups excluding carboxylic acids is 2. The first-order chi connectivity index (χ1) is 23.2. The number of aromatic nitrogens is 1. The van der Waals surface area contributed by atoms with Gasteiger partial charge >= 0.3 is 0 Å². The van der Waals surface area contributed by atoms with Gasteiger partial charge in [0.2, 0.25) is 6.41 Å². The summed E-state index contributed by atoms with van der Waals surface area (Å²) in [6.07, 6.45) is 9.11. The summed E-state index contributed by atoms with van der Waals surface area (Å²) in [6.45, 7) is 4.98. The summed E-state index contributed by atoms with van der Waals surface area (Å²) in [5.41, 5.74) is 7.14. The van der Waals surface area contributed by atoms with Crippen LogP contribution in [0.4, 0.5) is 0 Å². The van der Waals surface area contributed by atoms with E-state index in [4.69, 9.17) is 4.74 Å². The average molecular weight is 676 g/mol. The predicted molar refractivity (Wildman–Crippen MR) is 194 cm³/mol. The summed E-state index contributed by atoms with van der Waals surface area (Å²) in [7, 11) is 7.65. The van der Waals surface area contributed by atoms with Gasteiger partial charge in [-0.3, -0.25) is 14.3 Å². The van der Waals surface area contributed by atoms with Crippen LogP contribution in [-0.2, 0) is 11.3 Å². The van der Waals surface area contributed by atoms with E-state index in [1.807, 2.05) is 24.5 Å². The van der Waals surface area contributed by atoms with E-state index >= 15 is 0 Å². The Morgan fingerprint density at radius 3 is 2.67 bits per heavy atom. The van der Waals surface area contributed by atoms with Crippen molar-refractivity contribution in [1.29, 1.82) is 0 Å². The maximum absolute atomic E-state index is 13.4. The summed E-state index contributed by atoms with van der Waals surface area (Å²) >= 11 is 1.29. The van der Waals surface area contributed by atoms with E-state index in [9.17, 15) is 14.7 Å². The van der Waals surface area contributed by atoms with Crippen LogP contribution >= 0.6 is 12.1 Å². The summed E-state index contributed by atoms with van der Waals surface area (Å²) in [6, 6.07) is 12.9. The molecule has 0 radical (unpaired) electrons. The molecule has 0 saturated heterocycles. The van der Waals surface area contributed by atoms with Gasteiger partial charge in [0.15, 0.2) is 0 Å². The Bertz CT molecular complexity index is 1620. The third kappa shape index (κ3) is 6.99. The van der Waals surface area contributed by atoms with Crippen LogP contribution in [0.2, 0.25) is 0 Å². The maximum atomic E-state index is 13.4. The molecular formula is C38H53N5O4S. The van der Waals surface area contributed by atoms with Crippen molar-refractivity contribution >= 4 is 35.4 Å². The largest absolute Gasteiger partial charge is 0.497 e. The Labute approximate surface area is 290 Å². The zero-order valence-corrected chi connectivity index (χ0v) is 30.1. The van der Waals surface area contributed by atoms with Gasteiger partial charge in [-0.05, 0) is 118 Å². The first kappa shape index (κ1) is 34.8. The van der Waals surface area contributed by atoms with Gasteiger partial charge in [-0.15, -0.1) is 0 Å². The zero-order chi connectivity index (χ0) is 34.0. The number of nitrogens with one attached hydrogen (secondary N) is 2. The van der Waals surface area contributed by atoms with E-state index in [0.29, 0.717) is 30.4 Å². The summed E-state index contributed by atoms with van der Waals surface area (Å²) < 4.78 is 13.2. The van der Waals surface area contributed by atoms with Crippen LogP contribution in [0.15, 0.2) is 36.4 Å². The number of benzene rings is 2. The predicted octanol–water partition coefficient (Wildman–Crippen LogP) is 6.16. The molecule has 1 aliphatic heterocycles. The monoisotopic (exact) mass is 675 g/mol. The smallest absolute Gasteiger partial charge is 0.262 e. The van der Waals surface area contributed by atoms with Crippen molar-refractivity contribution in [1.82, 2.24) is 23.8 Å². The van der Waals surface area contributed by atoms with E-state index in [0.717, 1.165) is 50.2 Å². The fourth-order valence-corrected chi connectivity index (χ4v) is 9.07. The number of hydrogen-bond donors (Lipinski definition) is 3. The number of likely N-dealkylation sites (N-methyl/N-ethyl adjacent to an activating group) is 1. The minimum atomic E-state index is -0.418. The number of rotatable bonds is 15. The molecule has 2 aliphatic carbocycles. The number of aliphatic hydroxyl groups excluding tert-OH is 1. The maximum Gasteiger partial charge on any atom is 0.262 e. The normalized spacial score (nSPS) is 21.6. The second kappa shape index (κ2) is 14.8. The summed E-state index contributed by atoms with van der Waals surface area (Å²) in [5.74, 6) is 1.70. The molecular weight excluding hydrogens is 623 g/mol. The highest BCUT2D eigenvalue weighted by molar-refractivity contribution is 7.95. The fourth-order valence-electron chi connectivity index (χ4n) is 8.69. The molecule has 10 heteroatoms. The molecule has 2 saturated carbocycles. The Hall–Kier alpha value is -3.05. The van der Waals surface area contributed by atoms with Gasteiger partial charge in [0.05, 0.1) is 18.9 Å². The number of fused-ring (bicyclic) bond motifs is 7. The average Bonchev–Trinajstić information content (AvgIpc) is 3.73. The fraction of sp³-hybridized carbons (Fsp3) is 0.579. The Kier molecular flexibility index (Phi) is 10.7. The third-order valence-corrected chi connectivity index (χ3v) is 11.8. The second-order valence-corrected chi connectivity index (χ2v) is 15.7. The zero-order valence-electron chi connectivity index (χ0n) is 29.3. The number of carbonyl (C=O) groups is 2. The van der Waals surface area contributed by atoms with Crippen LogP contribution in [0.3, 0.4) is 0 Å².